The number of nitrogens with two attached hydrogens (primary N) is 1. The van der Waals surface area contributed by atoms with Crippen molar-refractivity contribution < 1.29 is 27.5 Å². The van der Waals surface area contributed by atoms with Crippen LogP contribution in [0.4, 0.5) is 23.7 Å². The van der Waals surface area contributed by atoms with E-state index in [4.69, 9.17) is 5.73 Å². The number of anilines is 1. The van der Waals surface area contributed by atoms with Gasteiger partial charge in [0.25, 0.3) is 0 Å². The second-order valence-corrected chi connectivity index (χ2v) is 4.37. The molecule has 1 aromatic rings. The van der Waals surface area contributed by atoms with Crippen LogP contribution in [0.1, 0.15) is 19.3 Å². The Labute approximate surface area is 124 Å². The van der Waals surface area contributed by atoms with Gasteiger partial charge in [-0.3, -0.25) is 4.79 Å². The van der Waals surface area contributed by atoms with Crippen LogP contribution < -0.4 is 21.1 Å². The maximum Gasteiger partial charge on any atom is 0.573 e. The normalized spacial score (nSPS) is 10.9. The number of halogens is 3. The fourth-order valence-corrected chi connectivity index (χ4v) is 1.62. The van der Waals surface area contributed by atoms with E-state index in [1.54, 1.807) is 0 Å². The molecule has 0 spiro atoms. The van der Waals surface area contributed by atoms with Crippen LogP contribution in [0.5, 0.6) is 5.75 Å². The number of amides is 3. The topological polar surface area (TPSA) is 93.5 Å². The third kappa shape index (κ3) is 7.98. The van der Waals surface area contributed by atoms with E-state index in [0.29, 0.717) is 19.4 Å². The molecular weight excluding hydrogens is 303 g/mol. The Morgan fingerprint density at radius 3 is 2.59 bits per heavy atom. The van der Waals surface area contributed by atoms with Crippen molar-refractivity contribution in [1.82, 2.24) is 5.32 Å². The molecule has 0 aliphatic carbocycles. The summed E-state index contributed by atoms with van der Waals surface area (Å²) in [6.07, 6.45) is -3.54. The summed E-state index contributed by atoms with van der Waals surface area (Å²) in [5, 5.41) is 4.85. The number of hydrogen-bond acceptors (Lipinski definition) is 3. The van der Waals surface area contributed by atoms with Crippen molar-refractivity contribution in [3.63, 3.8) is 0 Å². The lowest BCUT2D eigenvalue weighted by Gasteiger charge is -2.10. The second-order valence-electron chi connectivity index (χ2n) is 4.37. The van der Waals surface area contributed by atoms with E-state index in [1.807, 2.05) is 0 Å². The van der Waals surface area contributed by atoms with Gasteiger partial charge in [0.15, 0.2) is 0 Å². The van der Waals surface area contributed by atoms with E-state index in [0.717, 1.165) is 12.1 Å². The Balaban J connectivity index is 2.38. The minimum Gasteiger partial charge on any atom is -0.406 e. The standard InChI is InChI=1S/C13H16F3N3O3/c14-13(15,16)22-10-5-3-4-9(8-10)19-11(20)6-1-2-7-18-12(17)21/h3-5,8H,1-2,6-7H2,(H,19,20)(H3,17,18,21). The highest BCUT2D eigenvalue weighted by Gasteiger charge is 2.31. The largest absolute Gasteiger partial charge is 0.573 e. The summed E-state index contributed by atoms with van der Waals surface area (Å²) in [6, 6.07) is 4.38. The highest BCUT2D eigenvalue weighted by atomic mass is 19.4. The first-order valence-electron chi connectivity index (χ1n) is 6.45. The van der Waals surface area contributed by atoms with Crippen molar-refractivity contribution in [2.45, 2.75) is 25.6 Å². The number of unbranched alkanes of at least 4 members (excludes halogenated alkanes) is 1. The highest BCUT2D eigenvalue weighted by molar-refractivity contribution is 5.90. The van der Waals surface area contributed by atoms with Gasteiger partial charge in [-0.15, -0.1) is 13.2 Å². The summed E-state index contributed by atoms with van der Waals surface area (Å²) in [7, 11) is 0. The van der Waals surface area contributed by atoms with Crippen LogP contribution >= 0.6 is 0 Å². The van der Waals surface area contributed by atoms with Gasteiger partial charge in [-0.25, -0.2) is 4.79 Å². The number of ether oxygens (including phenoxy) is 1. The number of benzene rings is 1. The lowest BCUT2D eigenvalue weighted by Crippen LogP contribution is -2.30. The van der Waals surface area contributed by atoms with Gasteiger partial charge in [-0.05, 0) is 25.0 Å². The molecular formula is C13H16F3N3O3. The Kier molecular flexibility index (Phi) is 6.48. The summed E-state index contributed by atoms with van der Waals surface area (Å²) >= 11 is 0. The van der Waals surface area contributed by atoms with Crippen molar-refractivity contribution in [3.8, 4) is 5.75 Å². The van der Waals surface area contributed by atoms with E-state index < -0.39 is 18.1 Å². The maximum atomic E-state index is 12.1. The fourth-order valence-electron chi connectivity index (χ4n) is 1.62. The Hall–Kier alpha value is -2.45. The number of hydrogen-bond donors (Lipinski definition) is 3. The zero-order valence-electron chi connectivity index (χ0n) is 11.6. The van der Waals surface area contributed by atoms with E-state index >= 15 is 0 Å². The van der Waals surface area contributed by atoms with Crippen molar-refractivity contribution in [2.75, 3.05) is 11.9 Å². The molecule has 4 N–H and O–H groups in total. The Morgan fingerprint density at radius 1 is 1.23 bits per heavy atom. The second kappa shape index (κ2) is 8.11. The molecule has 0 saturated carbocycles. The van der Waals surface area contributed by atoms with Crippen LogP contribution in [0.2, 0.25) is 0 Å². The molecule has 0 unspecified atom stereocenters. The molecule has 0 aromatic heterocycles. The average Bonchev–Trinajstić information content (AvgIpc) is 2.36. The van der Waals surface area contributed by atoms with Gasteiger partial charge < -0.3 is 21.1 Å². The smallest absolute Gasteiger partial charge is 0.406 e. The molecule has 0 aliphatic heterocycles. The predicted molar refractivity (Wildman–Crippen MR) is 73.2 cm³/mol. The van der Waals surface area contributed by atoms with E-state index in [1.165, 1.54) is 12.1 Å². The SMILES string of the molecule is NC(=O)NCCCCC(=O)Nc1cccc(OC(F)(F)F)c1. The first kappa shape index (κ1) is 17.6. The molecule has 0 fully saturated rings. The minimum absolute atomic E-state index is 0.171. The third-order valence-electron chi connectivity index (χ3n) is 2.48. The number of alkyl halides is 3. The number of primary amides is 1. The van der Waals surface area contributed by atoms with Gasteiger partial charge in [-0.2, -0.15) is 0 Å². The van der Waals surface area contributed by atoms with Crippen LogP contribution in [0.15, 0.2) is 24.3 Å². The summed E-state index contributed by atoms with van der Waals surface area (Å²) in [5.41, 5.74) is 5.08. The van der Waals surface area contributed by atoms with Gasteiger partial charge in [0.05, 0.1) is 0 Å². The molecule has 22 heavy (non-hydrogen) atoms. The van der Waals surface area contributed by atoms with Gasteiger partial charge in [-0.1, -0.05) is 6.07 Å². The lowest BCUT2D eigenvalue weighted by atomic mass is 10.2. The van der Waals surface area contributed by atoms with Gasteiger partial charge >= 0.3 is 12.4 Å². The molecule has 122 valence electrons. The molecule has 0 saturated heterocycles. The third-order valence-corrected chi connectivity index (χ3v) is 2.48. The number of rotatable bonds is 7. The number of nitrogens with one attached hydrogen (secondary N) is 2. The average molecular weight is 319 g/mol. The maximum absolute atomic E-state index is 12.1. The molecule has 9 heteroatoms. The first-order chi connectivity index (χ1) is 10.3. The van der Waals surface area contributed by atoms with Crippen molar-refractivity contribution in [1.29, 1.82) is 0 Å². The monoisotopic (exact) mass is 319 g/mol. The fraction of sp³-hybridized carbons (Fsp3) is 0.385. The molecule has 0 atom stereocenters. The summed E-state index contributed by atoms with van der Waals surface area (Å²) in [5.74, 6) is -0.751. The molecule has 6 nitrogen and oxygen atoms in total. The zero-order valence-corrected chi connectivity index (χ0v) is 11.6. The molecule has 1 rings (SSSR count). The highest BCUT2D eigenvalue weighted by Crippen LogP contribution is 2.25. The van der Waals surface area contributed by atoms with Gasteiger partial charge in [0, 0.05) is 24.7 Å². The summed E-state index contributed by atoms with van der Waals surface area (Å²) in [4.78, 5) is 22.0. The summed E-state index contributed by atoms with van der Waals surface area (Å²) in [6.45, 7) is 0.359. The molecule has 0 radical (unpaired) electrons. The first-order valence-corrected chi connectivity index (χ1v) is 6.45. The number of carbonyl (C=O) groups excluding carboxylic acids is 2. The van der Waals surface area contributed by atoms with E-state index in [2.05, 4.69) is 15.4 Å². The van der Waals surface area contributed by atoms with Crippen LogP contribution in [0, 0.1) is 0 Å². The minimum atomic E-state index is -4.78. The van der Waals surface area contributed by atoms with E-state index in [-0.39, 0.29) is 18.0 Å². The Bertz CT molecular complexity index is 521. The van der Waals surface area contributed by atoms with Crippen LogP contribution in [-0.4, -0.2) is 24.8 Å². The quantitative estimate of drug-likeness (QED) is 0.674. The molecule has 1 aromatic carbocycles. The van der Waals surface area contributed by atoms with Crippen molar-refractivity contribution >= 4 is 17.6 Å². The van der Waals surface area contributed by atoms with Gasteiger partial charge in [0.1, 0.15) is 5.75 Å². The number of urea groups is 1. The molecule has 0 heterocycles. The van der Waals surface area contributed by atoms with Crippen molar-refractivity contribution in [2.24, 2.45) is 5.73 Å². The predicted octanol–water partition coefficient (Wildman–Crippen LogP) is 2.36. The summed E-state index contributed by atoms with van der Waals surface area (Å²) < 4.78 is 40.0. The molecule has 3 amide bonds. The van der Waals surface area contributed by atoms with Crippen LogP contribution in [0.3, 0.4) is 0 Å². The van der Waals surface area contributed by atoms with Crippen molar-refractivity contribution in [3.05, 3.63) is 24.3 Å². The Morgan fingerprint density at radius 2 is 1.95 bits per heavy atom. The zero-order chi connectivity index (χ0) is 16.6. The molecule has 0 bridgehead atoms. The van der Waals surface area contributed by atoms with E-state index in [9.17, 15) is 22.8 Å². The van der Waals surface area contributed by atoms with Crippen LogP contribution in [-0.2, 0) is 4.79 Å². The lowest BCUT2D eigenvalue weighted by molar-refractivity contribution is -0.274. The van der Waals surface area contributed by atoms with Crippen LogP contribution in [0.25, 0.3) is 0 Å². The number of carbonyl (C=O) groups is 2. The molecule has 0 aliphatic rings. The van der Waals surface area contributed by atoms with Gasteiger partial charge in [0.2, 0.25) is 5.91 Å².